The lowest BCUT2D eigenvalue weighted by molar-refractivity contribution is -0.133. The molecule has 2 N–H and O–H groups in total. The molecule has 0 saturated carbocycles. The number of amides is 4. The molecule has 0 spiro atoms. The van der Waals surface area contributed by atoms with E-state index in [0.29, 0.717) is 30.3 Å². The highest BCUT2D eigenvalue weighted by atomic mass is 35.5. The molecule has 2 heterocycles. The third kappa shape index (κ3) is 3.52. The summed E-state index contributed by atoms with van der Waals surface area (Å²) in [6.07, 6.45) is 0. The van der Waals surface area contributed by atoms with E-state index in [1.54, 1.807) is 18.2 Å². The highest BCUT2D eigenvalue weighted by Gasteiger charge is 2.49. The van der Waals surface area contributed by atoms with Crippen molar-refractivity contribution in [2.45, 2.75) is 12.5 Å². The maximum Gasteiger partial charge on any atom is 0.325 e. The number of imide groups is 1. The number of nitrogens with one attached hydrogen (secondary N) is 2. The van der Waals surface area contributed by atoms with E-state index in [1.807, 2.05) is 0 Å². The molecule has 8 nitrogen and oxygen atoms in total. The number of halogens is 2. The molecule has 1 atom stereocenters. The molecule has 0 bridgehead atoms. The van der Waals surface area contributed by atoms with Crippen LogP contribution in [0.15, 0.2) is 36.4 Å². The summed E-state index contributed by atoms with van der Waals surface area (Å²) in [5.41, 5.74) is -1.06. The van der Waals surface area contributed by atoms with Crippen molar-refractivity contribution >= 4 is 35.1 Å². The lowest BCUT2D eigenvalue weighted by Crippen LogP contribution is -2.42. The van der Waals surface area contributed by atoms with Crippen molar-refractivity contribution in [2.24, 2.45) is 0 Å². The summed E-state index contributed by atoms with van der Waals surface area (Å²) in [5, 5.41) is 5.16. The number of benzene rings is 2. The minimum atomic E-state index is -1.39. The summed E-state index contributed by atoms with van der Waals surface area (Å²) in [6, 6.07) is 7.87. The Morgan fingerprint density at radius 3 is 2.70 bits per heavy atom. The zero-order valence-corrected chi connectivity index (χ0v) is 16.6. The Morgan fingerprint density at radius 1 is 1.20 bits per heavy atom. The van der Waals surface area contributed by atoms with E-state index in [4.69, 9.17) is 21.1 Å². The summed E-state index contributed by atoms with van der Waals surface area (Å²) in [4.78, 5) is 38.5. The van der Waals surface area contributed by atoms with Crippen molar-refractivity contribution in [3.63, 3.8) is 0 Å². The summed E-state index contributed by atoms with van der Waals surface area (Å²) in [6.45, 7) is 1.75. The molecule has 0 unspecified atom stereocenters. The van der Waals surface area contributed by atoms with Gasteiger partial charge in [0.25, 0.3) is 5.91 Å². The topological polar surface area (TPSA) is 97.0 Å². The summed E-state index contributed by atoms with van der Waals surface area (Å²) >= 11 is 5.81. The van der Waals surface area contributed by atoms with E-state index in [-0.39, 0.29) is 10.7 Å². The highest BCUT2D eigenvalue weighted by Crippen LogP contribution is 2.36. The number of carbonyl (C=O) groups is 3. The number of hydrogen-bond donors (Lipinski definition) is 2. The fourth-order valence-electron chi connectivity index (χ4n) is 3.32. The van der Waals surface area contributed by atoms with Gasteiger partial charge in [-0.25, -0.2) is 9.18 Å². The van der Waals surface area contributed by atoms with E-state index < -0.39 is 35.7 Å². The van der Waals surface area contributed by atoms with Crippen LogP contribution >= 0.6 is 11.6 Å². The fraction of sp³-hybridized carbons (Fsp3) is 0.250. The number of fused-ring (bicyclic) bond motifs is 1. The van der Waals surface area contributed by atoms with Crippen LogP contribution in [0.5, 0.6) is 11.5 Å². The molecule has 10 heteroatoms. The second-order valence-corrected chi connectivity index (χ2v) is 7.41. The Morgan fingerprint density at radius 2 is 1.93 bits per heavy atom. The largest absolute Gasteiger partial charge is 0.486 e. The number of carbonyl (C=O) groups excluding carboxylic acids is 3. The summed E-state index contributed by atoms with van der Waals surface area (Å²) in [5.74, 6) is -1.04. The van der Waals surface area contributed by atoms with Gasteiger partial charge in [0.15, 0.2) is 11.5 Å². The molecule has 0 aliphatic carbocycles. The minimum Gasteiger partial charge on any atom is -0.486 e. The zero-order chi connectivity index (χ0) is 21.5. The minimum absolute atomic E-state index is 0.144. The normalized spacial score (nSPS) is 20.2. The number of hydrogen-bond acceptors (Lipinski definition) is 5. The number of ether oxygens (including phenoxy) is 2. The van der Waals surface area contributed by atoms with E-state index in [9.17, 15) is 18.8 Å². The Bertz CT molecular complexity index is 1060. The van der Waals surface area contributed by atoms with Crippen LogP contribution in [0, 0.1) is 5.82 Å². The van der Waals surface area contributed by atoms with Crippen molar-refractivity contribution < 1.29 is 28.2 Å². The average Bonchev–Trinajstić information content (AvgIpc) is 2.94. The van der Waals surface area contributed by atoms with Crippen molar-refractivity contribution in [3.05, 3.63) is 52.8 Å². The van der Waals surface area contributed by atoms with Crippen LogP contribution in [0.3, 0.4) is 0 Å². The highest BCUT2D eigenvalue weighted by molar-refractivity contribution is 6.30. The van der Waals surface area contributed by atoms with Gasteiger partial charge in [0, 0.05) is 5.02 Å². The van der Waals surface area contributed by atoms with Gasteiger partial charge in [-0.05, 0) is 42.8 Å². The third-order valence-corrected chi connectivity index (χ3v) is 5.13. The van der Waals surface area contributed by atoms with Gasteiger partial charge >= 0.3 is 6.03 Å². The van der Waals surface area contributed by atoms with Crippen LogP contribution in [0.2, 0.25) is 5.02 Å². The van der Waals surface area contributed by atoms with Crippen LogP contribution in [-0.4, -0.2) is 42.5 Å². The average molecular weight is 434 g/mol. The Balaban J connectivity index is 1.52. The first-order valence-corrected chi connectivity index (χ1v) is 9.45. The van der Waals surface area contributed by atoms with Gasteiger partial charge in [0.05, 0.1) is 5.69 Å². The molecule has 4 rings (SSSR count). The second-order valence-electron chi connectivity index (χ2n) is 6.98. The number of nitrogens with zero attached hydrogens (tertiary/aromatic N) is 1. The van der Waals surface area contributed by atoms with E-state index in [1.165, 1.54) is 19.1 Å². The van der Waals surface area contributed by atoms with Crippen LogP contribution in [0.4, 0.5) is 14.9 Å². The van der Waals surface area contributed by atoms with Crippen LogP contribution in [0.1, 0.15) is 12.5 Å². The van der Waals surface area contributed by atoms with Gasteiger partial charge in [-0.3, -0.25) is 14.5 Å². The van der Waals surface area contributed by atoms with Gasteiger partial charge in [-0.15, -0.1) is 0 Å². The molecule has 2 aliphatic rings. The standard InChI is InChI=1S/C20H17ClFN3O5/c1-20(11-2-5-15-16(8-11)30-7-6-29-15)18(27)25(19(28)24-20)10-17(26)23-14-9-12(21)3-4-13(14)22/h2-5,8-9H,6-7,10H2,1H3,(H,23,26)(H,24,28)/t20-/m1/s1. The molecule has 2 aliphatic heterocycles. The first-order valence-electron chi connectivity index (χ1n) is 9.07. The smallest absolute Gasteiger partial charge is 0.325 e. The van der Waals surface area contributed by atoms with Crippen molar-refractivity contribution in [1.82, 2.24) is 10.2 Å². The summed E-state index contributed by atoms with van der Waals surface area (Å²) < 4.78 is 24.8. The number of urea groups is 1. The molecule has 4 amide bonds. The van der Waals surface area contributed by atoms with Gasteiger partial charge in [0.1, 0.15) is 31.1 Å². The van der Waals surface area contributed by atoms with Crippen molar-refractivity contribution in [3.8, 4) is 11.5 Å². The molecular formula is C20H17ClFN3O5. The molecule has 2 aromatic carbocycles. The molecule has 0 radical (unpaired) electrons. The van der Waals surface area contributed by atoms with Gasteiger partial charge in [-0.2, -0.15) is 0 Å². The second kappa shape index (κ2) is 7.49. The molecule has 0 aromatic heterocycles. The van der Waals surface area contributed by atoms with E-state index in [2.05, 4.69) is 10.6 Å². The van der Waals surface area contributed by atoms with Crippen molar-refractivity contribution in [2.75, 3.05) is 25.1 Å². The molecule has 2 aromatic rings. The fourth-order valence-corrected chi connectivity index (χ4v) is 3.49. The Hall–Kier alpha value is -3.33. The number of rotatable bonds is 4. The van der Waals surface area contributed by atoms with Crippen LogP contribution in [-0.2, 0) is 15.1 Å². The quantitative estimate of drug-likeness (QED) is 0.722. The Labute approximate surface area is 175 Å². The maximum atomic E-state index is 13.8. The van der Waals surface area contributed by atoms with Gasteiger partial charge < -0.3 is 20.1 Å². The van der Waals surface area contributed by atoms with Crippen molar-refractivity contribution in [1.29, 1.82) is 0 Å². The lowest BCUT2D eigenvalue weighted by atomic mass is 9.91. The predicted molar refractivity (Wildman–Crippen MR) is 105 cm³/mol. The van der Waals surface area contributed by atoms with Gasteiger partial charge in [-0.1, -0.05) is 17.7 Å². The monoisotopic (exact) mass is 433 g/mol. The van der Waals surface area contributed by atoms with E-state index >= 15 is 0 Å². The van der Waals surface area contributed by atoms with Crippen LogP contribution in [0.25, 0.3) is 0 Å². The molecule has 156 valence electrons. The summed E-state index contributed by atoms with van der Waals surface area (Å²) in [7, 11) is 0. The molecule has 1 fully saturated rings. The Kier molecular flexibility index (Phi) is 4.98. The lowest BCUT2D eigenvalue weighted by Gasteiger charge is -2.25. The molecule has 1 saturated heterocycles. The van der Waals surface area contributed by atoms with Gasteiger partial charge in [0.2, 0.25) is 5.91 Å². The number of anilines is 1. The SMILES string of the molecule is C[C@]1(c2ccc3c(c2)OCCO3)NC(=O)N(CC(=O)Nc2cc(Cl)ccc2F)C1=O. The van der Waals surface area contributed by atoms with Crippen LogP contribution < -0.4 is 20.1 Å². The molecule has 30 heavy (non-hydrogen) atoms. The molecular weight excluding hydrogens is 417 g/mol. The first kappa shape index (κ1) is 20.0. The van der Waals surface area contributed by atoms with E-state index in [0.717, 1.165) is 11.0 Å². The maximum absolute atomic E-state index is 13.8. The predicted octanol–water partition coefficient (Wildman–Crippen LogP) is 2.66. The zero-order valence-electron chi connectivity index (χ0n) is 15.8. The third-order valence-electron chi connectivity index (χ3n) is 4.90. The first-order chi connectivity index (χ1) is 14.3.